The number of ether oxygens (including phenoxy) is 4. The molecular formula is C23H23N3O5. The number of aromatic nitrogens is 3. The minimum Gasteiger partial charge on any atom is -0.493 e. The molecule has 0 spiro atoms. The van der Waals surface area contributed by atoms with E-state index in [1.165, 1.54) is 0 Å². The molecule has 0 aliphatic rings. The first-order valence-electron chi connectivity index (χ1n) is 9.66. The first-order chi connectivity index (χ1) is 15.0. The van der Waals surface area contributed by atoms with E-state index < -0.39 is 0 Å². The monoisotopic (exact) mass is 421 g/mol. The number of pyridine rings is 1. The second-order valence-electron chi connectivity index (χ2n) is 6.95. The Morgan fingerprint density at radius 3 is 2.29 bits per heavy atom. The van der Waals surface area contributed by atoms with Crippen LogP contribution >= 0.6 is 0 Å². The van der Waals surface area contributed by atoms with Gasteiger partial charge in [0.25, 0.3) is 5.89 Å². The van der Waals surface area contributed by atoms with Crippen LogP contribution in [-0.4, -0.2) is 36.5 Å². The van der Waals surface area contributed by atoms with Crippen molar-refractivity contribution in [3.8, 4) is 34.4 Å². The van der Waals surface area contributed by atoms with Crippen LogP contribution in [0, 0.1) is 13.8 Å². The van der Waals surface area contributed by atoms with E-state index in [0.29, 0.717) is 34.5 Å². The average Bonchev–Trinajstić information content (AvgIpc) is 3.25. The maximum atomic E-state index is 6.04. The van der Waals surface area contributed by atoms with Gasteiger partial charge in [-0.1, -0.05) is 17.3 Å². The number of hydrogen-bond donors (Lipinski definition) is 0. The maximum Gasteiger partial charge on any atom is 0.264 e. The van der Waals surface area contributed by atoms with E-state index in [1.54, 1.807) is 33.5 Å². The van der Waals surface area contributed by atoms with Crippen molar-refractivity contribution in [2.45, 2.75) is 20.5 Å². The van der Waals surface area contributed by atoms with Gasteiger partial charge in [-0.2, -0.15) is 4.98 Å². The van der Waals surface area contributed by atoms with Gasteiger partial charge in [-0.25, -0.2) is 0 Å². The van der Waals surface area contributed by atoms with Crippen LogP contribution < -0.4 is 18.9 Å². The summed E-state index contributed by atoms with van der Waals surface area (Å²) in [5.74, 6) is 2.98. The zero-order valence-electron chi connectivity index (χ0n) is 18.1. The van der Waals surface area contributed by atoms with Gasteiger partial charge in [-0.15, -0.1) is 0 Å². The predicted octanol–water partition coefficient (Wildman–Crippen LogP) is 4.51. The molecule has 4 aromatic rings. The number of rotatable bonds is 7. The van der Waals surface area contributed by atoms with Crippen LogP contribution in [0.1, 0.15) is 17.1 Å². The van der Waals surface area contributed by atoms with Crippen molar-refractivity contribution in [2.75, 3.05) is 21.3 Å². The Morgan fingerprint density at radius 2 is 1.61 bits per heavy atom. The van der Waals surface area contributed by atoms with Crippen molar-refractivity contribution in [1.82, 2.24) is 15.1 Å². The molecular weight excluding hydrogens is 398 g/mol. The molecule has 8 nitrogen and oxygen atoms in total. The van der Waals surface area contributed by atoms with Crippen LogP contribution in [0.25, 0.3) is 22.3 Å². The first-order valence-corrected chi connectivity index (χ1v) is 9.66. The first kappa shape index (κ1) is 20.5. The largest absolute Gasteiger partial charge is 0.493 e. The molecule has 0 aliphatic heterocycles. The fourth-order valence-corrected chi connectivity index (χ4v) is 3.44. The van der Waals surface area contributed by atoms with Crippen molar-refractivity contribution in [3.63, 3.8) is 0 Å². The van der Waals surface area contributed by atoms with E-state index in [1.807, 2.05) is 38.1 Å². The molecule has 8 heteroatoms. The summed E-state index contributed by atoms with van der Waals surface area (Å²) in [6.07, 6.45) is 0. The van der Waals surface area contributed by atoms with Crippen LogP contribution in [0.5, 0.6) is 23.0 Å². The fraction of sp³-hybridized carbons (Fsp3) is 0.261. The summed E-state index contributed by atoms with van der Waals surface area (Å²) in [6, 6.07) is 11.4. The molecule has 31 heavy (non-hydrogen) atoms. The third-order valence-corrected chi connectivity index (χ3v) is 4.88. The Kier molecular flexibility index (Phi) is 5.62. The molecule has 0 saturated heterocycles. The van der Waals surface area contributed by atoms with E-state index in [0.717, 1.165) is 27.9 Å². The van der Waals surface area contributed by atoms with Crippen LogP contribution in [0.4, 0.5) is 0 Å². The molecule has 0 amide bonds. The van der Waals surface area contributed by atoms with E-state index in [9.17, 15) is 0 Å². The van der Waals surface area contributed by atoms with Crippen molar-refractivity contribution in [3.05, 3.63) is 53.5 Å². The number of aryl methyl sites for hydroxylation is 2. The summed E-state index contributed by atoms with van der Waals surface area (Å²) < 4.78 is 27.6. The van der Waals surface area contributed by atoms with Crippen molar-refractivity contribution in [2.24, 2.45) is 0 Å². The summed E-state index contributed by atoms with van der Waals surface area (Å²) in [6.45, 7) is 4.09. The number of nitrogens with zero attached hydrogens (tertiary/aromatic N) is 3. The molecule has 0 radical (unpaired) electrons. The molecule has 0 N–H and O–H groups in total. The minimum absolute atomic E-state index is 0.129. The molecule has 2 heterocycles. The van der Waals surface area contributed by atoms with Gasteiger partial charge < -0.3 is 23.5 Å². The van der Waals surface area contributed by atoms with Crippen LogP contribution in [0.2, 0.25) is 0 Å². The highest BCUT2D eigenvalue weighted by Gasteiger charge is 2.18. The topological polar surface area (TPSA) is 88.7 Å². The molecule has 0 aliphatic carbocycles. The highest BCUT2D eigenvalue weighted by Crippen LogP contribution is 2.40. The molecule has 0 bridgehead atoms. The smallest absolute Gasteiger partial charge is 0.264 e. The number of benzene rings is 2. The second-order valence-corrected chi connectivity index (χ2v) is 6.95. The third-order valence-electron chi connectivity index (χ3n) is 4.88. The summed E-state index contributed by atoms with van der Waals surface area (Å²) in [5, 5.41) is 5.04. The Labute approximate surface area is 179 Å². The normalized spacial score (nSPS) is 10.9. The Morgan fingerprint density at radius 1 is 0.871 bits per heavy atom. The standard InChI is InChI=1S/C23H23N3O5/c1-13-7-6-8-16-21(13)17(9-14(2)24-16)30-12-20-25-23(26-31-20)15-10-18(27-3)22(29-5)19(11-15)28-4/h6-11H,12H2,1-5H3. The quantitative estimate of drug-likeness (QED) is 0.431. The Balaban J connectivity index is 1.61. The van der Waals surface area contributed by atoms with Crippen molar-refractivity contribution < 1.29 is 23.5 Å². The lowest BCUT2D eigenvalue weighted by Gasteiger charge is -2.12. The Bertz CT molecular complexity index is 1210. The van der Waals surface area contributed by atoms with E-state index in [-0.39, 0.29) is 6.61 Å². The predicted molar refractivity (Wildman–Crippen MR) is 115 cm³/mol. The van der Waals surface area contributed by atoms with Gasteiger partial charge in [0.2, 0.25) is 11.6 Å². The molecule has 4 rings (SSSR count). The van der Waals surface area contributed by atoms with E-state index in [2.05, 4.69) is 15.1 Å². The summed E-state index contributed by atoms with van der Waals surface area (Å²) in [5.41, 5.74) is 3.52. The molecule has 2 aromatic carbocycles. The summed E-state index contributed by atoms with van der Waals surface area (Å²) in [4.78, 5) is 9.03. The minimum atomic E-state index is 0.129. The van der Waals surface area contributed by atoms with Crippen LogP contribution in [0.3, 0.4) is 0 Å². The fourth-order valence-electron chi connectivity index (χ4n) is 3.44. The number of hydrogen-bond acceptors (Lipinski definition) is 8. The van der Waals surface area contributed by atoms with E-state index in [4.69, 9.17) is 23.5 Å². The lowest BCUT2D eigenvalue weighted by Crippen LogP contribution is -1.99. The van der Waals surface area contributed by atoms with Gasteiger partial charge >= 0.3 is 0 Å². The zero-order valence-corrected chi connectivity index (χ0v) is 18.1. The highest BCUT2D eigenvalue weighted by atomic mass is 16.5. The van der Waals surface area contributed by atoms with Gasteiger partial charge in [-0.3, -0.25) is 4.98 Å². The van der Waals surface area contributed by atoms with Gasteiger partial charge in [0.05, 0.1) is 26.8 Å². The lowest BCUT2D eigenvalue weighted by molar-refractivity contribution is 0.245. The molecule has 160 valence electrons. The average molecular weight is 421 g/mol. The third kappa shape index (κ3) is 3.96. The SMILES string of the molecule is COc1cc(-c2noc(COc3cc(C)nc4cccc(C)c34)n2)cc(OC)c1OC. The number of methoxy groups -OCH3 is 3. The molecule has 0 unspecified atom stereocenters. The van der Waals surface area contributed by atoms with Gasteiger partial charge in [0, 0.05) is 22.7 Å². The second kappa shape index (κ2) is 8.51. The van der Waals surface area contributed by atoms with E-state index >= 15 is 0 Å². The molecule has 0 atom stereocenters. The van der Waals surface area contributed by atoms with Crippen LogP contribution in [0.15, 0.2) is 40.9 Å². The molecule has 0 fully saturated rings. The van der Waals surface area contributed by atoms with Gasteiger partial charge in [0.1, 0.15) is 5.75 Å². The summed E-state index contributed by atoms with van der Waals surface area (Å²) in [7, 11) is 4.66. The maximum absolute atomic E-state index is 6.04. The van der Waals surface area contributed by atoms with Crippen molar-refractivity contribution in [1.29, 1.82) is 0 Å². The Hall–Kier alpha value is -3.81. The van der Waals surface area contributed by atoms with Crippen molar-refractivity contribution >= 4 is 10.9 Å². The van der Waals surface area contributed by atoms with Gasteiger partial charge in [-0.05, 0) is 37.6 Å². The molecule has 2 aromatic heterocycles. The van der Waals surface area contributed by atoms with Gasteiger partial charge in [0.15, 0.2) is 18.1 Å². The highest BCUT2D eigenvalue weighted by molar-refractivity contribution is 5.88. The zero-order chi connectivity index (χ0) is 22.0. The van der Waals surface area contributed by atoms with Crippen LogP contribution in [-0.2, 0) is 6.61 Å². The number of fused-ring (bicyclic) bond motifs is 1. The lowest BCUT2D eigenvalue weighted by atomic mass is 10.1. The molecule has 0 saturated carbocycles. The summed E-state index contributed by atoms with van der Waals surface area (Å²) >= 11 is 0.